The van der Waals surface area contributed by atoms with E-state index in [2.05, 4.69) is 9.17 Å². The van der Waals surface area contributed by atoms with Gasteiger partial charge in [0.25, 0.3) is 0 Å². The summed E-state index contributed by atoms with van der Waals surface area (Å²) in [6.07, 6.45) is -4.48. The summed E-state index contributed by atoms with van der Waals surface area (Å²) in [5.41, 5.74) is -4.49. The van der Waals surface area contributed by atoms with Gasteiger partial charge in [-0.2, -0.15) is 26.3 Å². The molecule has 3 rings (SSSR count). The summed E-state index contributed by atoms with van der Waals surface area (Å²) in [5.74, 6) is 0.520. The van der Waals surface area contributed by atoms with Crippen molar-refractivity contribution in [3.63, 3.8) is 0 Å². The molecule has 0 unspecified atom stereocenters. The van der Waals surface area contributed by atoms with Gasteiger partial charge in [0, 0.05) is 11.0 Å². The van der Waals surface area contributed by atoms with Gasteiger partial charge in [-0.15, -0.1) is 11.8 Å². The number of hydrogen-bond donors (Lipinski definition) is 0. The van der Waals surface area contributed by atoms with Crippen LogP contribution in [0, 0.1) is 0 Å². The van der Waals surface area contributed by atoms with Crippen molar-refractivity contribution in [3.8, 4) is 17.2 Å². The van der Waals surface area contributed by atoms with Gasteiger partial charge in [-0.05, 0) is 36.1 Å². The Labute approximate surface area is 163 Å². The maximum atomic E-state index is 13.0. The van der Waals surface area contributed by atoms with Gasteiger partial charge in [0.2, 0.25) is 5.89 Å². The van der Waals surface area contributed by atoms with Gasteiger partial charge in [-0.1, -0.05) is 6.92 Å². The number of aromatic nitrogens is 1. The molecule has 2 aromatic carbocycles. The highest BCUT2D eigenvalue weighted by Gasteiger charge is 2.32. The van der Waals surface area contributed by atoms with Gasteiger partial charge in [0.05, 0.1) is 11.1 Å². The van der Waals surface area contributed by atoms with Gasteiger partial charge in [0.15, 0.2) is 17.6 Å². The Kier molecular flexibility index (Phi) is 5.76. The van der Waals surface area contributed by atoms with Crippen LogP contribution in [0.15, 0.2) is 45.7 Å². The van der Waals surface area contributed by atoms with E-state index in [1.807, 2.05) is 0 Å². The Morgan fingerprint density at radius 1 is 1.04 bits per heavy atom. The van der Waals surface area contributed by atoms with Gasteiger partial charge in [-0.25, -0.2) is 4.98 Å². The van der Waals surface area contributed by atoms with Crippen LogP contribution < -0.4 is 4.18 Å². The van der Waals surface area contributed by atoms with Crippen molar-refractivity contribution >= 4 is 34.9 Å². The fourth-order valence-corrected chi connectivity index (χ4v) is 3.45. The minimum atomic E-state index is -4.56. The number of alkyl halides is 6. The molecule has 0 aliphatic rings. The van der Waals surface area contributed by atoms with Gasteiger partial charge < -0.3 is 8.60 Å². The second kappa shape index (κ2) is 7.78. The standard InChI is InChI=1S/C17H11F6NO2S2/c1-2-27-14-7-9(16(18,19)20)3-5-11(14)15-24-12-8-10(4-6-13(12)25-15)26-28-17(21,22)23/h3-8H,2H2,1H3. The minimum absolute atomic E-state index is 0.0697. The number of fused-ring (bicyclic) bond motifs is 1. The molecule has 11 heteroatoms. The van der Waals surface area contributed by atoms with Crippen LogP contribution in [-0.2, 0) is 6.18 Å². The molecular formula is C17H11F6NO2S2. The number of hydrogen-bond acceptors (Lipinski definition) is 5. The lowest BCUT2D eigenvalue weighted by Gasteiger charge is -2.11. The highest BCUT2D eigenvalue weighted by atomic mass is 32.2. The summed E-state index contributed by atoms with van der Waals surface area (Å²) in [5, 5.41) is 0. The van der Waals surface area contributed by atoms with E-state index in [0.29, 0.717) is 16.2 Å². The maximum Gasteiger partial charge on any atom is 0.479 e. The molecule has 0 fully saturated rings. The van der Waals surface area contributed by atoms with Crippen LogP contribution in [0.1, 0.15) is 12.5 Å². The third-order valence-corrected chi connectivity index (χ3v) is 4.83. The van der Waals surface area contributed by atoms with Crippen molar-refractivity contribution in [2.45, 2.75) is 23.5 Å². The molecule has 28 heavy (non-hydrogen) atoms. The zero-order valence-electron chi connectivity index (χ0n) is 14.0. The molecule has 3 aromatic rings. The molecule has 0 N–H and O–H groups in total. The van der Waals surface area contributed by atoms with Crippen LogP contribution in [-0.4, -0.2) is 16.2 Å². The maximum absolute atomic E-state index is 13.0. The average molecular weight is 439 g/mol. The SMILES string of the molecule is CCSc1cc(C(F)(F)F)ccc1-c1nc2cc(OSC(F)(F)F)ccc2o1. The molecule has 150 valence electrons. The number of oxazole rings is 1. The zero-order chi connectivity index (χ0) is 20.5. The summed E-state index contributed by atoms with van der Waals surface area (Å²) in [4.78, 5) is 4.53. The first-order valence-corrected chi connectivity index (χ1v) is 9.47. The molecule has 0 atom stereocenters. The lowest BCUT2D eigenvalue weighted by Crippen LogP contribution is -2.05. The Bertz CT molecular complexity index is 984. The minimum Gasteiger partial charge on any atom is -0.436 e. The monoisotopic (exact) mass is 439 g/mol. The van der Waals surface area contributed by atoms with Crippen molar-refractivity contribution in [3.05, 3.63) is 42.0 Å². The van der Waals surface area contributed by atoms with Gasteiger partial charge >= 0.3 is 11.7 Å². The molecule has 0 radical (unpaired) electrons. The van der Waals surface area contributed by atoms with Gasteiger partial charge in [-0.3, -0.25) is 0 Å². The van der Waals surface area contributed by atoms with E-state index in [1.54, 1.807) is 6.92 Å². The summed E-state index contributed by atoms with van der Waals surface area (Å²) < 4.78 is 85.8. The second-order valence-corrected chi connectivity index (χ2v) is 7.50. The highest BCUT2D eigenvalue weighted by Crippen LogP contribution is 2.39. The zero-order valence-corrected chi connectivity index (χ0v) is 15.7. The fraction of sp³-hybridized carbons (Fsp3) is 0.235. The first kappa shape index (κ1) is 20.7. The fourth-order valence-electron chi connectivity index (χ4n) is 2.32. The highest BCUT2D eigenvalue weighted by molar-refractivity contribution is 7.99. The molecule has 1 aromatic heterocycles. The molecule has 0 bridgehead atoms. The third kappa shape index (κ3) is 4.88. The number of halogens is 6. The Hall–Kier alpha value is -2.01. The first-order chi connectivity index (χ1) is 13.1. The predicted octanol–water partition coefficient (Wildman–Crippen LogP) is 7.17. The van der Waals surface area contributed by atoms with E-state index >= 15 is 0 Å². The van der Waals surface area contributed by atoms with Crippen LogP contribution >= 0.6 is 23.8 Å². The number of thioether (sulfide) groups is 1. The van der Waals surface area contributed by atoms with Crippen molar-refractivity contribution in [2.24, 2.45) is 0 Å². The van der Waals surface area contributed by atoms with E-state index < -0.39 is 29.3 Å². The Morgan fingerprint density at radius 2 is 1.79 bits per heavy atom. The van der Waals surface area contributed by atoms with Crippen LogP contribution in [0.4, 0.5) is 26.3 Å². The van der Waals surface area contributed by atoms with E-state index in [4.69, 9.17) is 4.42 Å². The average Bonchev–Trinajstić information content (AvgIpc) is 3.02. The second-order valence-electron chi connectivity index (χ2n) is 5.40. The van der Waals surface area contributed by atoms with E-state index in [-0.39, 0.29) is 22.7 Å². The molecule has 0 aliphatic carbocycles. The molecule has 1 heterocycles. The summed E-state index contributed by atoms with van der Waals surface area (Å²) >= 11 is 0.541. The van der Waals surface area contributed by atoms with Crippen LogP contribution in [0.3, 0.4) is 0 Å². The van der Waals surface area contributed by atoms with Crippen LogP contribution in [0.5, 0.6) is 5.75 Å². The van der Waals surface area contributed by atoms with Crippen molar-refractivity contribution in [1.82, 2.24) is 4.98 Å². The first-order valence-electron chi connectivity index (χ1n) is 7.74. The largest absolute Gasteiger partial charge is 0.479 e. The Morgan fingerprint density at radius 3 is 2.43 bits per heavy atom. The quantitative estimate of drug-likeness (QED) is 0.239. The summed E-state index contributed by atoms with van der Waals surface area (Å²) in [7, 11) is 0. The summed E-state index contributed by atoms with van der Waals surface area (Å²) in [6, 6.07) is 7.14. The third-order valence-electron chi connectivity index (χ3n) is 3.43. The topological polar surface area (TPSA) is 35.3 Å². The number of nitrogens with zero attached hydrogens (tertiary/aromatic N) is 1. The summed E-state index contributed by atoms with van der Waals surface area (Å²) in [6.45, 7) is 1.79. The van der Waals surface area contributed by atoms with E-state index in [1.165, 1.54) is 36.0 Å². The van der Waals surface area contributed by atoms with Crippen molar-refractivity contribution < 1.29 is 34.9 Å². The number of rotatable bonds is 5. The molecule has 0 amide bonds. The van der Waals surface area contributed by atoms with Gasteiger partial charge in [0.1, 0.15) is 11.3 Å². The van der Waals surface area contributed by atoms with E-state index in [0.717, 1.165) is 12.1 Å². The molecule has 0 saturated heterocycles. The lowest BCUT2D eigenvalue weighted by molar-refractivity contribution is -0.137. The smallest absolute Gasteiger partial charge is 0.436 e. The predicted molar refractivity (Wildman–Crippen MR) is 95.1 cm³/mol. The molecule has 0 spiro atoms. The van der Waals surface area contributed by atoms with Crippen LogP contribution in [0.25, 0.3) is 22.6 Å². The van der Waals surface area contributed by atoms with Crippen molar-refractivity contribution in [1.29, 1.82) is 0 Å². The van der Waals surface area contributed by atoms with E-state index in [9.17, 15) is 26.3 Å². The number of benzene rings is 2. The molecular weight excluding hydrogens is 428 g/mol. The molecule has 3 nitrogen and oxygen atoms in total. The van der Waals surface area contributed by atoms with Crippen LogP contribution in [0.2, 0.25) is 0 Å². The van der Waals surface area contributed by atoms with Crippen molar-refractivity contribution in [2.75, 3.05) is 5.75 Å². The molecule has 0 aliphatic heterocycles. The molecule has 0 saturated carbocycles. The lowest BCUT2D eigenvalue weighted by atomic mass is 10.1. The Balaban J connectivity index is 1.97. The normalized spacial score (nSPS) is 12.5.